The van der Waals surface area contributed by atoms with Crippen molar-refractivity contribution in [2.24, 2.45) is 0 Å². The lowest BCUT2D eigenvalue weighted by molar-refractivity contribution is -0.150. The van der Waals surface area contributed by atoms with E-state index in [1.165, 1.54) is 5.56 Å². The molecule has 28 heavy (non-hydrogen) atoms. The van der Waals surface area contributed by atoms with Crippen LogP contribution in [0.3, 0.4) is 0 Å². The van der Waals surface area contributed by atoms with Crippen LogP contribution in [0.25, 0.3) is 0 Å². The molecule has 2 fully saturated rings. The Morgan fingerprint density at radius 3 is 2.54 bits per heavy atom. The smallest absolute Gasteiger partial charge is 0.242 e. The van der Waals surface area contributed by atoms with Crippen LogP contribution in [0.2, 0.25) is 0 Å². The van der Waals surface area contributed by atoms with Gasteiger partial charge in [-0.05, 0) is 38.1 Å². The summed E-state index contributed by atoms with van der Waals surface area (Å²) in [5.41, 5.74) is 2.31. The number of nitrogens with zero attached hydrogens (tertiary/aromatic N) is 4. The van der Waals surface area contributed by atoms with Gasteiger partial charge in [0.25, 0.3) is 0 Å². The average Bonchev–Trinajstić information content (AvgIpc) is 2.72. The highest BCUT2D eigenvalue weighted by Gasteiger charge is 2.57. The van der Waals surface area contributed by atoms with Crippen LogP contribution < -0.4 is 5.32 Å². The van der Waals surface area contributed by atoms with Crippen LogP contribution in [0.4, 0.5) is 5.69 Å². The van der Waals surface area contributed by atoms with Gasteiger partial charge in [-0.15, -0.1) is 0 Å². The first-order chi connectivity index (χ1) is 13.5. The van der Waals surface area contributed by atoms with Crippen molar-refractivity contribution >= 4 is 24.2 Å². The highest BCUT2D eigenvalue weighted by molar-refractivity contribution is 7.83. The number of rotatable bonds is 8. The maximum Gasteiger partial charge on any atom is 0.242 e. The predicted molar refractivity (Wildman–Crippen MR) is 116 cm³/mol. The molecule has 1 amide bonds. The van der Waals surface area contributed by atoms with Crippen LogP contribution in [-0.2, 0) is 11.2 Å². The van der Waals surface area contributed by atoms with Gasteiger partial charge in [0, 0.05) is 51.5 Å². The molecule has 7 heteroatoms. The molecule has 0 spiro atoms. The summed E-state index contributed by atoms with van der Waals surface area (Å²) < 4.78 is -0.800. The monoisotopic (exact) mass is 401 g/mol. The van der Waals surface area contributed by atoms with E-state index in [2.05, 4.69) is 65.1 Å². The van der Waals surface area contributed by atoms with E-state index in [1.54, 1.807) is 4.90 Å². The zero-order valence-corrected chi connectivity index (χ0v) is 17.8. The van der Waals surface area contributed by atoms with Crippen molar-refractivity contribution in [3.05, 3.63) is 29.8 Å². The molecule has 2 unspecified atom stereocenters. The number of piperazine rings is 1. The second-order valence-electron chi connectivity index (χ2n) is 7.84. The summed E-state index contributed by atoms with van der Waals surface area (Å²) in [6.45, 7) is 8.67. The summed E-state index contributed by atoms with van der Waals surface area (Å²) in [6, 6.07) is 10.5. The van der Waals surface area contributed by atoms with E-state index in [9.17, 15) is 4.79 Å². The standard InChI is InChI=1S/C21H31N5OS/c1-3-26-19(8-10-22)21(28,20(26)27)16-23-18-6-4-17(5-7-18)9-11-25-14-12-24(2)13-15-25/h4-7,19,23,28H,3,8-9,11-16H2,1-2H3. The number of amides is 1. The number of hydrogen-bond acceptors (Lipinski definition) is 6. The molecular weight excluding hydrogens is 370 g/mol. The van der Waals surface area contributed by atoms with Gasteiger partial charge < -0.3 is 20.0 Å². The molecule has 1 N–H and O–H groups in total. The lowest BCUT2D eigenvalue weighted by Gasteiger charge is -2.52. The molecule has 0 aliphatic carbocycles. The quantitative estimate of drug-likeness (QED) is 0.513. The van der Waals surface area contributed by atoms with Crippen LogP contribution in [0.5, 0.6) is 0 Å². The first-order valence-electron chi connectivity index (χ1n) is 10.1. The van der Waals surface area contributed by atoms with Gasteiger partial charge in [-0.25, -0.2) is 0 Å². The largest absolute Gasteiger partial charge is 0.383 e. The van der Waals surface area contributed by atoms with Crippen molar-refractivity contribution in [1.29, 1.82) is 5.26 Å². The average molecular weight is 402 g/mol. The Kier molecular flexibility index (Phi) is 6.86. The first-order valence-corrected chi connectivity index (χ1v) is 10.6. The Hall–Kier alpha value is -1.75. The number of likely N-dealkylation sites (tertiary alicyclic amines) is 1. The Morgan fingerprint density at radius 1 is 1.25 bits per heavy atom. The number of nitrogens with one attached hydrogen (secondary N) is 1. The van der Waals surface area contributed by atoms with Gasteiger partial charge in [0.1, 0.15) is 4.75 Å². The van der Waals surface area contributed by atoms with E-state index >= 15 is 0 Å². The Bertz CT molecular complexity index is 711. The topological polar surface area (TPSA) is 62.6 Å². The van der Waals surface area contributed by atoms with Crippen molar-refractivity contribution in [2.45, 2.75) is 30.6 Å². The molecule has 2 atom stereocenters. The number of benzene rings is 1. The van der Waals surface area contributed by atoms with Gasteiger partial charge >= 0.3 is 0 Å². The summed E-state index contributed by atoms with van der Waals surface area (Å²) in [6.07, 6.45) is 1.37. The zero-order valence-electron chi connectivity index (χ0n) is 16.9. The highest BCUT2D eigenvalue weighted by Crippen LogP contribution is 2.38. The zero-order chi connectivity index (χ0) is 20.1. The minimum absolute atomic E-state index is 0.00915. The SMILES string of the molecule is CCN1C(=O)C(S)(CNc2ccc(CCN3CCN(C)CC3)cc2)C1CC#N. The third-order valence-electron chi connectivity index (χ3n) is 6.01. The number of anilines is 1. The number of hydrogen-bond donors (Lipinski definition) is 2. The fourth-order valence-corrected chi connectivity index (χ4v) is 4.47. The van der Waals surface area contributed by atoms with Gasteiger partial charge in [0.15, 0.2) is 0 Å². The molecule has 0 radical (unpaired) electrons. The van der Waals surface area contributed by atoms with E-state index in [1.807, 2.05) is 6.92 Å². The lowest BCUT2D eigenvalue weighted by atomic mass is 9.84. The van der Waals surface area contributed by atoms with E-state index in [0.717, 1.165) is 44.8 Å². The van der Waals surface area contributed by atoms with Crippen LogP contribution in [-0.4, -0.2) is 84.3 Å². The van der Waals surface area contributed by atoms with E-state index in [-0.39, 0.29) is 11.9 Å². The fourth-order valence-electron chi connectivity index (χ4n) is 4.03. The maximum absolute atomic E-state index is 12.4. The molecule has 0 saturated carbocycles. The number of likely N-dealkylation sites (N-methyl/N-ethyl adjacent to an activating group) is 1. The maximum atomic E-state index is 12.4. The molecule has 2 heterocycles. The predicted octanol–water partition coefficient (Wildman–Crippen LogP) is 1.70. The molecule has 1 aromatic carbocycles. The molecule has 6 nitrogen and oxygen atoms in total. The minimum Gasteiger partial charge on any atom is -0.383 e. The molecule has 1 aromatic rings. The van der Waals surface area contributed by atoms with Crippen LogP contribution in [0.15, 0.2) is 24.3 Å². The molecule has 0 aromatic heterocycles. The highest BCUT2D eigenvalue weighted by atomic mass is 32.1. The Balaban J connectivity index is 1.49. The van der Waals surface area contributed by atoms with Crippen LogP contribution in [0.1, 0.15) is 18.9 Å². The van der Waals surface area contributed by atoms with Gasteiger partial charge in [-0.3, -0.25) is 4.79 Å². The van der Waals surface area contributed by atoms with Gasteiger partial charge in [0.2, 0.25) is 5.91 Å². The summed E-state index contributed by atoms with van der Waals surface area (Å²) in [7, 11) is 2.18. The third-order valence-corrected chi connectivity index (χ3v) is 6.66. The van der Waals surface area contributed by atoms with Gasteiger partial charge in [-0.1, -0.05) is 12.1 Å². The van der Waals surface area contributed by atoms with Crippen molar-refractivity contribution in [2.75, 3.05) is 58.2 Å². The molecule has 152 valence electrons. The number of thiol groups is 1. The molecule has 0 bridgehead atoms. The Labute approximate surface area is 173 Å². The second kappa shape index (κ2) is 9.17. The summed E-state index contributed by atoms with van der Waals surface area (Å²) >= 11 is 4.65. The molecule has 2 saturated heterocycles. The number of β-lactam (4-membered cyclic amide) rings is 1. The number of carbonyl (C=O) groups is 1. The first kappa shape index (κ1) is 21.0. The molecule has 2 aliphatic rings. The van der Waals surface area contributed by atoms with Crippen molar-refractivity contribution in [3.8, 4) is 6.07 Å². The second-order valence-corrected chi connectivity index (χ2v) is 8.64. The molecule has 3 rings (SSSR count). The summed E-state index contributed by atoms with van der Waals surface area (Å²) in [4.78, 5) is 19.1. The van der Waals surface area contributed by atoms with Crippen LogP contribution in [0, 0.1) is 11.3 Å². The van der Waals surface area contributed by atoms with E-state index in [4.69, 9.17) is 5.26 Å². The van der Waals surface area contributed by atoms with Gasteiger partial charge in [0.05, 0.1) is 18.5 Å². The number of carbonyl (C=O) groups excluding carboxylic acids is 1. The third kappa shape index (κ3) is 4.45. The van der Waals surface area contributed by atoms with Crippen molar-refractivity contribution in [3.63, 3.8) is 0 Å². The summed E-state index contributed by atoms with van der Waals surface area (Å²) in [5, 5.41) is 12.4. The van der Waals surface area contributed by atoms with Crippen molar-refractivity contribution < 1.29 is 4.79 Å². The van der Waals surface area contributed by atoms with E-state index in [0.29, 0.717) is 19.5 Å². The Morgan fingerprint density at radius 2 is 1.93 bits per heavy atom. The van der Waals surface area contributed by atoms with Crippen molar-refractivity contribution in [1.82, 2.24) is 14.7 Å². The molecular formula is C21H31N5OS. The fraction of sp³-hybridized carbons (Fsp3) is 0.619. The van der Waals surface area contributed by atoms with Gasteiger partial charge in [-0.2, -0.15) is 17.9 Å². The van der Waals surface area contributed by atoms with Crippen LogP contribution >= 0.6 is 12.6 Å². The minimum atomic E-state index is -0.800. The normalized spacial score (nSPS) is 26.0. The number of nitriles is 1. The molecule has 2 aliphatic heterocycles. The lowest BCUT2D eigenvalue weighted by Crippen LogP contribution is -2.73. The summed E-state index contributed by atoms with van der Waals surface area (Å²) in [5.74, 6) is 0.00915. The van der Waals surface area contributed by atoms with E-state index < -0.39 is 4.75 Å².